The summed E-state index contributed by atoms with van der Waals surface area (Å²) < 4.78 is 2.44. The smallest absolute Gasteiger partial charge is 0.0619 e. The fourth-order valence-corrected chi connectivity index (χ4v) is 8.75. The van der Waals surface area contributed by atoms with Crippen LogP contribution in [0.1, 0.15) is 0 Å². The van der Waals surface area contributed by atoms with Gasteiger partial charge in [0.1, 0.15) is 0 Å². The molecular formula is C56H38N2. The average molecular weight is 739 g/mol. The zero-order valence-corrected chi connectivity index (χ0v) is 31.8. The lowest BCUT2D eigenvalue weighted by Gasteiger charge is -2.26. The number of fused-ring (bicyclic) bond motifs is 6. The van der Waals surface area contributed by atoms with Crippen molar-refractivity contribution in [3.8, 4) is 39.1 Å². The van der Waals surface area contributed by atoms with Crippen LogP contribution in [-0.2, 0) is 0 Å². The molecule has 0 unspecified atom stereocenters. The van der Waals surface area contributed by atoms with Crippen LogP contribution in [0.3, 0.4) is 0 Å². The van der Waals surface area contributed by atoms with E-state index >= 15 is 0 Å². The molecule has 0 radical (unpaired) electrons. The highest BCUT2D eigenvalue weighted by Crippen LogP contribution is 2.41. The van der Waals surface area contributed by atoms with Crippen LogP contribution >= 0.6 is 0 Å². The maximum atomic E-state index is 2.44. The molecule has 1 heterocycles. The molecule has 0 spiro atoms. The van der Waals surface area contributed by atoms with Crippen LogP contribution in [0.2, 0.25) is 0 Å². The van der Waals surface area contributed by atoms with Crippen molar-refractivity contribution in [2.75, 3.05) is 4.90 Å². The van der Waals surface area contributed by atoms with Crippen molar-refractivity contribution in [2.45, 2.75) is 0 Å². The van der Waals surface area contributed by atoms with Crippen molar-refractivity contribution in [1.29, 1.82) is 0 Å². The minimum atomic E-state index is 1.10. The molecule has 1 aromatic heterocycles. The van der Waals surface area contributed by atoms with Gasteiger partial charge in [0.15, 0.2) is 0 Å². The Morgan fingerprint density at radius 3 is 1.45 bits per heavy atom. The number of para-hydroxylation sites is 1. The normalized spacial score (nSPS) is 11.4. The molecule has 0 saturated carbocycles. The predicted octanol–water partition coefficient (Wildman–Crippen LogP) is 15.6. The maximum Gasteiger partial charge on any atom is 0.0619 e. The van der Waals surface area contributed by atoms with E-state index in [2.05, 4.69) is 240 Å². The summed E-state index contributed by atoms with van der Waals surface area (Å²) in [6.07, 6.45) is 0. The van der Waals surface area contributed by atoms with E-state index in [1.165, 1.54) is 76.7 Å². The maximum absolute atomic E-state index is 2.44. The molecule has 2 nitrogen and oxygen atoms in total. The lowest BCUT2D eigenvalue weighted by molar-refractivity contribution is 1.19. The van der Waals surface area contributed by atoms with Crippen LogP contribution < -0.4 is 4.90 Å². The van der Waals surface area contributed by atoms with Crippen LogP contribution in [0.5, 0.6) is 0 Å². The van der Waals surface area contributed by atoms with E-state index in [-0.39, 0.29) is 0 Å². The molecule has 0 fully saturated rings. The zero-order chi connectivity index (χ0) is 38.4. The molecule has 272 valence electrons. The van der Waals surface area contributed by atoms with Gasteiger partial charge in [-0.2, -0.15) is 0 Å². The molecule has 0 amide bonds. The fourth-order valence-electron chi connectivity index (χ4n) is 8.75. The summed E-state index contributed by atoms with van der Waals surface area (Å²) in [5.41, 5.74) is 14.1. The zero-order valence-electron chi connectivity index (χ0n) is 31.8. The first kappa shape index (κ1) is 33.6. The van der Waals surface area contributed by atoms with E-state index in [1.54, 1.807) is 0 Å². The van der Waals surface area contributed by atoms with Crippen LogP contribution in [0.4, 0.5) is 17.1 Å². The number of aromatic nitrogens is 1. The first-order valence-electron chi connectivity index (χ1n) is 19.9. The molecule has 11 aromatic rings. The minimum Gasteiger partial charge on any atom is -0.311 e. The van der Waals surface area contributed by atoms with E-state index < -0.39 is 0 Å². The van der Waals surface area contributed by atoms with Crippen LogP contribution in [0.25, 0.3) is 82.4 Å². The molecule has 10 aromatic carbocycles. The molecule has 0 N–H and O–H groups in total. The van der Waals surface area contributed by atoms with Crippen molar-refractivity contribution in [3.63, 3.8) is 0 Å². The lowest BCUT2D eigenvalue weighted by atomic mass is 9.98. The number of hydrogen-bond acceptors (Lipinski definition) is 1. The van der Waals surface area contributed by atoms with Crippen molar-refractivity contribution in [3.05, 3.63) is 231 Å². The first-order chi connectivity index (χ1) is 28.8. The van der Waals surface area contributed by atoms with Crippen molar-refractivity contribution >= 4 is 60.4 Å². The summed E-state index contributed by atoms with van der Waals surface area (Å²) in [5, 5.41) is 7.53. The van der Waals surface area contributed by atoms with Gasteiger partial charge in [-0.25, -0.2) is 0 Å². The Bertz CT molecular complexity index is 3230. The molecule has 0 bridgehead atoms. The second kappa shape index (κ2) is 14.1. The third kappa shape index (κ3) is 5.82. The van der Waals surface area contributed by atoms with E-state index in [0.29, 0.717) is 0 Å². The summed E-state index contributed by atoms with van der Waals surface area (Å²) in [6.45, 7) is 0. The van der Waals surface area contributed by atoms with E-state index in [0.717, 1.165) is 22.7 Å². The average Bonchev–Trinajstić information content (AvgIpc) is 3.64. The van der Waals surface area contributed by atoms with E-state index in [9.17, 15) is 0 Å². The number of anilines is 3. The van der Waals surface area contributed by atoms with Crippen molar-refractivity contribution in [2.24, 2.45) is 0 Å². The predicted molar refractivity (Wildman–Crippen MR) is 247 cm³/mol. The molecule has 58 heavy (non-hydrogen) atoms. The van der Waals surface area contributed by atoms with Gasteiger partial charge >= 0.3 is 0 Å². The molecule has 2 heteroatoms. The van der Waals surface area contributed by atoms with Gasteiger partial charge in [-0.1, -0.05) is 176 Å². The SMILES string of the molecule is c1ccc(-c2ccc(N(c3ccc(-c4ccc5c6ccc7ccccc7c6n(-c6ccccc6)c5c4)cc3)c3ccc(-c4cccc5ccccc45)cc3)cc2)cc1. The molecule has 0 atom stereocenters. The summed E-state index contributed by atoms with van der Waals surface area (Å²) in [4.78, 5) is 2.35. The Balaban J connectivity index is 1.01. The second-order valence-corrected chi connectivity index (χ2v) is 15.0. The van der Waals surface area contributed by atoms with Crippen molar-refractivity contribution < 1.29 is 0 Å². The molecule has 0 aliphatic heterocycles. The first-order valence-corrected chi connectivity index (χ1v) is 19.9. The molecule has 0 aliphatic rings. The highest BCUT2D eigenvalue weighted by Gasteiger charge is 2.18. The number of rotatable bonds is 7. The topological polar surface area (TPSA) is 8.17 Å². The number of benzene rings is 10. The van der Waals surface area contributed by atoms with Gasteiger partial charge in [-0.3, -0.25) is 0 Å². The molecule has 0 aliphatic carbocycles. The summed E-state index contributed by atoms with van der Waals surface area (Å²) in [6, 6.07) is 83.6. The number of nitrogens with zero attached hydrogens (tertiary/aromatic N) is 2. The van der Waals surface area contributed by atoms with Gasteiger partial charge in [-0.05, 0) is 104 Å². The largest absolute Gasteiger partial charge is 0.311 e. The van der Waals surface area contributed by atoms with Crippen LogP contribution in [-0.4, -0.2) is 4.57 Å². The number of hydrogen-bond donors (Lipinski definition) is 0. The Kier molecular flexibility index (Phi) is 8.19. The Morgan fingerprint density at radius 1 is 0.293 bits per heavy atom. The Labute approximate surface area is 338 Å². The Hall–Kier alpha value is -7.68. The monoisotopic (exact) mass is 738 g/mol. The highest BCUT2D eigenvalue weighted by atomic mass is 15.1. The summed E-state index contributed by atoms with van der Waals surface area (Å²) >= 11 is 0. The summed E-state index contributed by atoms with van der Waals surface area (Å²) in [5.74, 6) is 0. The Morgan fingerprint density at radius 2 is 0.776 bits per heavy atom. The van der Waals surface area contributed by atoms with E-state index in [4.69, 9.17) is 0 Å². The molecular weight excluding hydrogens is 701 g/mol. The highest BCUT2D eigenvalue weighted by molar-refractivity contribution is 6.19. The summed E-state index contributed by atoms with van der Waals surface area (Å²) in [7, 11) is 0. The van der Waals surface area contributed by atoms with E-state index in [1.807, 2.05) is 0 Å². The van der Waals surface area contributed by atoms with Gasteiger partial charge in [0.05, 0.1) is 11.0 Å². The quantitative estimate of drug-likeness (QED) is 0.158. The van der Waals surface area contributed by atoms with Crippen LogP contribution in [0, 0.1) is 0 Å². The standard InChI is InChI=1S/C56H38N2/c1-3-12-39(13-4-1)40-22-30-47(31-23-40)57(49-34-26-44(27-35-49)51-21-11-16-42-14-7-9-19-50(42)51)48-32-24-41(25-33-48)45-29-36-53-54-37-28-43-15-8-10-20-52(43)56(54)58(55(53)38-45)46-17-5-2-6-18-46/h1-38H. The molecule has 0 saturated heterocycles. The van der Waals surface area contributed by atoms with Gasteiger partial charge in [0, 0.05) is 38.9 Å². The lowest BCUT2D eigenvalue weighted by Crippen LogP contribution is -2.09. The van der Waals surface area contributed by atoms with Gasteiger partial charge in [0.2, 0.25) is 0 Å². The van der Waals surface area contributed by atoms with Gasteiger partial charge < -0.3 is 9.47 Å². The van der Waals surface area contributed by atoms with Crippen molar-refractivity contribution in [1.82, 2.24) is 4.57 Å². The molecule has 11 rings (SSSR count). The van der Waals surface area contributed by atoms with Gasteiger partial charge in [-0.15, -0.1) is 0 Å². The second-order valence-electron chi connectivity index (χ2n) is 15.0. The third-order valence-electron chi connectivity index (χ3n) is 11.6. The minimum absolute atomic E-state index is 1.10. The third-order valence-corrected chi connectivity index (χ3v) is 11.6. The fraction of sp³-hybridized carbons (Fsp3) is 0. The van der Waals surface area contributed by atoms with Gasteiger partial charge in [0.25, 0.3) is 0 Å². The van der Waals surface area contributed by atoms with Crippen LogP contribution in [0.15, 0.2) is 231 Å².